The minimum Gasteiger partial charge on any atom is -0.453 e. The first kappa shape index (κ1) is 16.0. The van der Waals surface area contributed by atoms with E-state index in [-0.39, 0.29) is 23.0 Å². The predicted octanol–water partition coefficient (Wildman–Crippen LogP) is 3.78. The van der Waals surface area contributed by atoms with Gasteiger partial charge in [-0.25, -0.2) is 0 Å². The van der Waals surface area contributed by atoms with Gasteiger partial charge in [0, 0.05) is 24.1 Å². The van der Waals surface area contributed by atoms with Crippen LogP contribution in [0.1, 0.15) is 5.76 Å². The van der Waals surface area contributed by atoms with Gasteiger partial charge in [0.05, 0.1) is 11.5 Å². The topological polar surface area (TPSA) is 80.7 Å². The SMILES string of the molecule is Cl.O=[N+]([O-])c1cccc(-c2ccc3oc(C4=NCCN4)cc3c2)c1. The Hall–Kier alpha value is -2.86. The van der Waals surface area contributed by atoms with Crippen molar-refractivity contribution in [3.05, 3.63) is 64.4 Å². The highest BCUT2D eigenvalue weighted by molar-refractivity contribution is 6.01. The van der Waals surface area contributed by atoms with Crippen LogP contribution in [0.15, 0.2) is 57.9 Å². The lowest BCUT2D eigenvalue weighted by atomic mass is 10.0. The van der Waals surface area contributed by atoms with E-state index in [1.807, 2.05) is 30.3 Å². The zero-order valence-corrected chi connectivity index (χ0v) is 13.4. The fourth-order valence-corrected chi connectivity index (χ4v) is 2.70. The van der Waals surface area contributed by atoms with Gasteiger partial charge in [0.25, 0.3) is 5.69 Å². The maximum Gasteiger partial charge on any atom is 0.270 e. The van der Waals surface area contributed by atoms with Gasteiger partial charge >= 0.3 is 0 Å². The summed E-state index contributed by atoms with van der Waals surface area (Å²) in [6, 6.07) is 14.3. The largest absolute Gasteiger partial charge is 0.453 e. The molecule has 1 aliphatic heterocycles. The third-order valence-corrected chi connectivity index (χ3v) is 3.81. The fraction of sp³-hybridized carbons (Fsp3) is 0.118. The number of hydrogen-bond acceptors (Lipinski definition) is 5. The fourth-order valence-electron chi connectivity index (χ4n) is 2.70. The molecule has 6 nitrogen and oxygen atoms in total. The van der Waals surface area contributed by atoms with Crippen molar-refractivity contribution in [2.75, 3.05) is 13.1 Å². The number of nitrogens with one attached hydrogen (secondary N) is 1. The number of nitro groups is 1. The van der Waals surface area contributed by atoms with Crippen molar-refractivity contribution in [2.24, 2.45) is 4.99 Å². The highest BCUT2D eigenvalue weighted by atomic mass is 35.5. The quantitative estimate of drug-likeness (QED) is 0.579. The van der Waals surface area contributed by atoms with E-state index in [9.17, 15) is 10.1 Å². The van der Waals surface area contributed by atoms with Gasteiger partial charge in [-0.3, -0.25) is 15.1 Å². The number of furan rings is 1. The number of nitrogens with zero attached hydrogens (tertiary/aromatic N) is 2. The van der Waals surface area contributed by atoms with E-state index in [1.54, 1.807) is 12.1 Å². The second-order valence-electron chi connectivity index (χ2n) is 5.33. The summed E-state index contributed by atoms with van der Waals surface area (Å²) in [6.45, 7) is 1.58. The molecular weight excluding hydrogens is 330 g/mol. The number of hydrogen-bond donors (Lipinski definition) is 1. The molecule has 1 aromatic heterocycles. The third kappa shape index (κ3) is 2.83. The van der Waals surface area contributed by atoms with E-state index in [4.69, 9.17) is 4.42 Å². The Bertz CT molecular complexity index is 949. The monoisotopic (exact) mass is 343 g/mol. The summed E-state index contributed by atoms with van der Waals surface area (Å²) < 4.78 is 5.80. The number of amidine groups is 1. The Morgan fingerprint density at radius 1 is 1.12 bits per heavy atom. The highest BCUT2D eigenvalue weighted by Crippen LogP contribution is 2.29. The molecule has 0 aliphatic carbocycles. The molecule has 0 unspecified atom stereocenters. The van der Waals surface area contributed by atoms with E-state index in [0.717, 1.165) is 41.0 Å². The van der Waals surface area contributed by atoms with Crippen molar-refractivity contribution in [1.82, 2.24) is 5.32 Å². The summed E-state index contributed by atoms with van der Waals surface area (Å²) in [5.41, 5.74) is 2.57. The van der Waals surface area contributed by atoms with Crippen molar-refractivity contribution in [1.29, 1.82) is 0 Å². The minimum atomic E-state index is -0.387. The van der Waals surface area contributed by atoms with Crippen LogP contribution in [0.25, 0.3) is 22.1 Å². The Labute approximate surface area is 143 Å². The maximum absolute atomic E-state index is 10.9. The van der Waals surface area contributed by atoms with Gasteiger partial charge in [-0.15, -0.1) is 12.4 Å². The van der Waals surface area contributed by atoms with Crippen molar-refractivity contribution >= 4 is 34.9 Å². The second-order valence-corrected chi connectivity index (χ2v) is 5.33. The van der Waals surface area contributed by atoms with Crippen LogP contribution >= 0.6 is 12.4 Å². The van der Waals surface area contributed by atoms with Gasteiger partial charge in [-0.1, -0.05) is 18.2 Å². The molecule has 0 radical (unpaired) electrons. The molecule has 1 aliphatic rings. The van der Waals surface area contributed by atoms with E-state index in [1.165, 1.54) is 6.07 Å². The molecule has 122 valence electrons. The summed E-state index contributed by atoms with van der Waals surface area (Å²) in [6.07, 6.45) is 0. The number of non-ortho nitro benzene ring substituents is 1. The molecule has 0 spiro atoms. The molecule has 3 aromatic rings. The number of rotatable bonds is 3. The van der Waals surface area contributed by atoms with Crippen molar-refractivity contribution in [2.45, 2.75) is 0 Å². The summed E-state index contributed by atoms with van der Waals surface area (Å²) in [5, 5.41) is 15.0. The summed E-state index contributed by atoms with van der Waals surface area (Å²) in [5.74, 6) is 1.49. The lowest BCUT2D eigenvalue weighted by Gasteiger charge is -2.01. The van der Waals surface area contributed by atoms with Crippen LogP contribution in [-0.2, 0) is 0 Å². The lowest BCUT2D eigenvalue weighted by Crippen LogP contribution is -2.18. The highest BCUT2D eigenvalue weighted by Gasteiger charge is 2.14. The van der Waals surface area contributed by atoms with Crippen LogP contribution in [0.5, 0.6) is 0 Å². The molecule has 4 rings (SSSR count). The van der Waals surface area contributed by atoms with E-state index < -0.39 is 0 Å². The van der Waals surface area contributed by atoms with Crippen LogP contribution in [0.4, 0.5) is 5.69 Å². The van der Waals surface area contributed by atoms with Crippen molar-refractivity contribution in [3.63, 3.8) is 0 Å². The first-order valence-corrected chi connectivity index (χ1v) is 7.28. The zero-order chi connectivity index (χ0) is 15.8. The molecule has 2 aromatic carbocycles. The molecule has 7 heteroatoms. The Kier molecular flexibility index (Phi) is 4.22. The van der Waals surface area contributed by atoms with E-state index >= 15 is 0 Å². The molecule has 0 saturated heterocycles. The molecule has 0 fully saturated rings. The molecular formula is C17H14ClN3O3. The van der Waals surface area contributed by atoms with Crippen LogP contribution in [-0.4, -0.2) is 23.8 Å². The number of halogens is 1. The van der Waals surface area contributed by atoms with Gasteiger partial charge in [-0.05, 0) is 29.3 Å². The Morgan fingerprint density at radius 2 is 1.96 bits per heavy atom. The summed E-state index contributed by atoms with van der Waals surface area (Å²) in [4.78, 5) is 14.9. The molecule has 0 saturated carbocycles. The second kappa shape index (κ2) is 6.33. The molecule has 1 N–H and O–H groups in total. The van der Waals surface area contributed by atoms with Crippen LogP contribution < -0.4 is 5.32 Å². The van der Waals surface area contributed by atoms with Crippen molar-refractivity contribution in [3.8, 4) is 11.1 Å². The normalized spacial score (nSPS) is 13.2. The Balaban J connectivity index is 0.00000169. The first-order valence-electron chi connectivity index (χ1n) is 7.28. The summed E-state index contributed by atoms with van der Waals surface area (Å²) in [7, 11) is 0. The third-order valence-electron chi connectivity index (χ3n) is 3.81. The van der Waals surface area contributed by atoms with Gasteiger partial charge < -0.3 is 9.73 Å². The van der Waals surface area contributed by atoms with Gasteiger partial charge in [0.2, 0.25) is 0 Å². The minimum absolute atomic E-state index is 0. The predicted molar refractivity (Wildman–Crippen MR) is 95.0 cm³/mol. The number of aliphatic imine (C=N–C) groups is 1. The smallest absolute Gasteiger partial charge is 0.270 e. The van der Waals surface area contributed by atoms with Gasteiger partial charge in [-0.2, -0.15) is 0 Å². The number of benzene rings is 2. The molecule has 0 bridgehead atoms. The average molecular weight is 344 g/mol. The van der Waals surface area contributed by atoms with E-state index in [2.05, 4.69) is 10.3 Å². The van der Waals surface area contributed by atoms with Crippen LogP contribution in [0.2, 0.25) is 0 Å². The number of fused-ring (bicyclic) bond motifs is 1. The van der Waals surface area contributed by atoms with Crippen molar-refractivity contribution < 1.29 is 9.34 Å². The lowest BCUT2D eigenvalue weighted by molar-refractivity contribution is -0.384. The average Bonchev–Trinajstić information content (AvgIpc) is 3.23. The molecule has 24 heavy (non-hydrogen) atoms. The maximum atomic E-state index is 10.9. The summed E-state index contributed by atoms with van der Waals surface area (Å²) >= 11 is 0. The van der Waals surface area contributed by atoms with Gasteiger partial charge in [0.1, 0.15) is 5.58 Å². The number of nitro benzene ring substituents is 1. The Morgan fingerprint density at radius 3 is 2.71 bits per heavy atom. The van der Waals surface area contributed by atoms with Crippen LogP contribution in [0, 0.1) is 10.1 Å². The molecule has 0 amide bonds. The van der Waals surface area contributed by atoms with Gasteiger partial charge in [0.15, 0.2) is 11.6 Å². The van der Waals surface area contributed by atoms with E-state index in [0.29, 0.717) is 5.76 Å². The molecule has 2 heterocycles. The first-order chi connectivity index (χ1) is 11.2. The zero-order valence-electron chi connectivity index (χ0n) is 12.6. The molecule has 0 atom stereocenters. The standard InChI is InChI=1S/C17H13N3O3.ClH/c21-20(22)14-3-1-2-11(9-14)12-4-5-15-13(8-12)10-16(23-15)17-18-6-7-19-17;/h1-5,8-10H,6-7H2,(H,18,19);1H. The van der Waals surface area contributed by atoms with Crippen LogP contribution in [0.3, 0.4) is 0 Å².